The highest BCUT2D eigenvalue weighted by Crippen LogP contribution is 2.29. The molecule has 5 heteroatoms. The first kappa shape index (κ1) is 19.0. The van der Waals surface area contributed by atoms with Crippen LogP contribution in [0.2, 0.25) is 0 Å². The van der Waals surface area contributed by atoms with Crippen molar-refractivity contribution in [3.8, 4) is 11.1 Å². The van der Waals surface area contributed by atoms with Gasteiger partial charge in [-0.15, -0.1) is 0 Å². The Kier molecular flexibility index (Phi) is 5.81. The van der Waals surface area contributed by atoms with Gasteiger partial charge in [0.05, 0.1) is 6.61 Å². The van der Waals surface area contributed by atoms with Crippen LogP contribution in [0.3, 0.4) is 0 Å². The number of carbonyl (C=O) groups excluding carboxylic acids is 1. The summed E-state index contributed by atoms with van der Waals surface area (Å²) in [5.41, 5.74) is 4.89. The molecule has 1 aliphatic rings. The maximum atomic E-state index is 12.7. The standard InChI is InChI=1S/C22H27N3O2/c1-4-25-10-9-23-21(25)19-11-18(17-7-5-15(2)6-8-17)12-20(13-19)22(27)24-16(3)14-26/h5-13,16,21,23,26H,4,14H2,1-3H3,(H,24,27)/t16?,21-/m0/s1. The third-order valence-corrected chi connectivity index (χ3v) is 4.79. The van der Waals surface area contributed by atoms with Gasteiger partial charge >= 0.3 is 0 Å². The van der Waals surface area contributed by atoms with E-state index in [0.29, 0.717) is 5.56 Å². The molecule has 0 saturated heterocycles. The van der Waals surface area contributed by atoms with Gasteiger partial charge in [0, 0.05) is 30.5 Å². The Hall–Kier alpha value is -2.79. The maximum absolute atomic E-state index is 12.7. The number of hydrogen-bond acceptors (Lipinski definition) is 4. The van der Waals surface area contributed by atoms with Gasteiger partial charge in [-0.3, -0.25) is 4.79 Å². The molecule has 0 saturated carbocycles. The average molecular weight is 365 g/mol. The highest BCUT2D eigenvalue weighted by atomic mass is 16.3. The SMILES string of the molecule is CCN1C=CN[C@@H]1c1cc(C(=O)NC(C)CO)cc(-c2ccc(C)cc2)c1. The molecule has 1 heterocycles. The molecule has 1 amide bonds. The van der Waals surface area contributed by atoms with Gasteiger partial charge in [0.25, 0.3) is 5.91 Å². The Balaban J connectivity index is 2.02. The molecule has 0 spiro atoms. The van der Waals surface area contributed by atoms with Gasteiger partial charge in [-0.05, 0) is 55.7 Å². The summed E-state index contributed by atoms with van der Waals surface area (Å²) in [6.45, 7) is 6.72. The Bertz CT molecular complexity index is 830. The van der Waals surface area contributed by atoms with Crippen LogP contribution in [0.1, 0.15) is 41.5 Å². The van der Waals surface area contributed by atoms with E-state index in [1.165, 1.54) is 5.56 Å². The lowest BCUT2D eigenvalue weighted by Crippen LogP contribution is -2.35. The molecule has 2 atom stereocenters. The van der Waals surface area contributed by atoms with Gasteiger partial charge in [-0.1, -0.05) is 29.8 Å². The summed E-state index contributed by atoms with van der Waals surface area (Å²) in [7, 11) is 0. The Labute approximate surface area is 160 Å². The van der Waals surface area contributed by atoms with E-state index >= 15 is 0 Å². The molecule has 0 aliphatic carbocycles. The van der Waals surface area contributed by atoms with Gasteiger partial charge in [0.1, 0.15) is 6.17 Å². The number of aliphatic hydroxyl groups is 1. The average Bonchev–Trinajstić information content (AvgIpc) is 3.17. The second-order valence-electron chi connectivity index (χ2n) is 6.98. The number of amides is 1. The van der Waals surface area contributed by atoms with E-state index in [4.69, 9.17) is 0 Å². The minimum atomic E-state index is -0.289. The summed E-state index contributed by atoms with van der Waals surface area (Å²) in [6, 6.07) is 14.0. The molecule has 0 radical (unpaired) electrons. The van der Waals surface area contributed by atoms with Crippen molar-refractivity contribution in [1.29, 1.82) is 0 Å². The third kappa shape index (κ3) is 4.31. The summed E-state index contributed by atoms with van der Waals surface area (Å²) in [5.74, 6) is -0.180. The van der Waals surface area contributed by atoms with E-state index in [-0.39, 0.29) is 24.7 Å². The molecule has 0 aromatic heterocycles. The number of rotatable bonds is 6. The van der Waals surface area contributed by atoms with Crippen molar-refractivity contribution in [2.24, 2.45) is 0 Å². The number of carbonyl (C=O) groups is 1. The smallest absolute Gasteiger partial charge is 0.251 e. The summed E-state index contributed by atoms with van der Waals surface area (Å²) in [5, 5.41) is 15.4. The van der Waals surface area contributed by atoms with Crippen LogP contribution >= 0.6 is 0 Å². The maximum Gasteiger partial charge on any atom is 0.251 e. The summed E-state index contributed by atoms with van der Waals surface area (Å²) in [6.07, 6.45) is 3.96. The Morgan fingerprint density at radius 2 is 1.96 bits per heavy atom. The monoisotopic (exact) mass is 365 g/mol. The van der Waals surface area contributed by atoms with Crippen LogP contribution < -0.4 is 10.6 Å². The van der Waals surface area contributed by atoms with Crippen molar-refractivity contribution in [3.63, 3.8) is 0 Å². The number of nitrogens with zero attached hydrogens (tertiary/aromatic N) is 1. The fourth-order valence-corrected chi connectivity index (χ4v) is 3.19. The fourth-order valence-electron chi connectivity index (χ4n) is 3.19. The van der Waals surface area contributed by atoms with Crippen LogP contribution in [0, 0.1) is 6.92 Å². The minimum Gasteiger partial charge on any atom is -0.394 e. The van der Waals surface area contributed by atoms with E-state index in [2.05, 4.69) is 59.7 Å². The molecule has 3 N–H and O–H groups in total. The predicted molar refractivity (Wildman–Crippen MR) is 108 cm³/mol. The van der Waals surface area contributed by atoms with E-state index in [0.717, 1.165) is 23.2 Å². The molecular formula is C22H27N3O2. The first-order valence-corrected chi connectivity index (χ1v) is 9.34. The van der Waals surface area contributed by atoms with Crippen LogP contribution in [0.15, 0.2) is 54.9 Å². The van der Waals surface area contributed by atoms with Crippen molar-refractivity contribution < 1.29 is 9.90 Å². The lowest BCUT2D eigenvalue weighted by molar-refractivity contribution is 0.0922. The lowest BCUT2D eigenvalue weighted by atomic mass is 9.97. The van der Waals surface area contributed by atoms with Gasteiger partial charge in [0.15, 0.2) is 0 Å². The number of benzene rings is 2. The second kappa shape index (κ2) is 8.27. The van der Waals surface area contributed by atoms with Crippen LogP contribution in [-0.4, -0.2) is 35.1 Å². The van der Waals surface area contributed by atoms with Crippen molar-refractivity contribution in [1.82, 2.24) is 15.5 Å². The van der Waals surface area contributed by atoms with Crippen LogP contribution in [0.5, 0.6) is 0 Å². The van der Waals surface area contributed by atoms with Crippen LogP contribution in [0.25, 0.3) is 11.1 Å². The molecule has 3 rings (SSSR count). The highest BCUT2D eigenvalue weighted by molar-refractivity contribution is 5.96. The third-order valence-electron chi connectivity index (χ3n) is 4.79. The zero-order valence-corrected chi connectivity index (χ0v) is 16.1. The number of hydrogen-bond donors (Lipinski definition) is 3. The van der Waals surface area contributed by atoms with Crippen molar-refractivity contribution in [3.05, 3.63) is 71.6 Å². The van der Waals surface area contributed by atoms with E-state index in [1.807, 2.05) is 24.5 Å². The Morgan fingerprint density at radius 1 is 1.22 bits per heavy atom. The quantitative estimate of drug-likeness (QED) is 0.736. The first-order valence-electron chi connectivity index (χ1n) is 9.34. The second-order valence-corrected chi connectivity index (χ2v) is 6.98. The van der Waals surface area contributed by atoms with Gasteiger partial charge in [-0.25, -0.2) is 0 Å². The summed E-state index contributed by atoms with van der Waals surface area (Å²) >= 11 is 0. The molecule has 0 fully saturated rings. The molecule has 142 valence electrons. The van der Waals surface area contributed by atoms with Crippen molar-refractivity contribution >= 4 is 5.91 Å². The van der Waals surface area contributed by atoms with Crippen molar-refractivity contribution in [2.75, 3.05) is 13.2 Å². The van der Waals surface area contributed by atoms with Gasteiger partial charge in [0.2, 0.25) is 0 Å². The molecule has 27 heavy (non-hydrogen) atoms. The molecule has 1 unspecified atom stereocenters. The van der Waals surface area contributed by atoms with Gasteiger partial charge in [-0.2, -0.15) is 0 Å². The molecule has 2 aromatic carbocycles. The van der Waals surface area contributed by atoms with Crippen LogP contribution in [0.4, 0.5) is 0 Å². The van der Waals surface area contributed by atoms with E-state index < -0.39 is 0 Å². The predicted octanol–water partition coefficient (Wildman–Crippen LogP) is 3.17. The number of nitrogens with one attached hydrogen (secondary N) is 2. The highest BCUT2D eigenvalue weighted by Gasteiger charge is 2.22. The molecular weight excluding hydrogens is 338 g/mol. The lowest BCUT2D eigenvalue weighted by Gasteiger charge is -2.25. The minimum absolute atomic E-state index is 0.00205. The van der Waals surface area contributed by atoms with Crippen LogP contribution in [-0.2, 0) is 0 Å². The number of aliphatic hydroxyl groups excluding tert-OH is 1. The van der Waals surface area contributed by atoms with Crippen molar-refractivity contribution in [2.45, 2.75) is 33.0 Å². The summed E-state index contributed by atoms with van der Waals surface area (Å²) in [4.78, 5) is 14.9. The topological polar surface area (TPSA) is 64.6 Å². The molecule has 2 aromatic rings. The Morgan fingerprint density at radius 3 is 2.63 bits per heavy atom. The largest absolute Gasteiger partial charge is 0.394 e. The number of aryl methyl sites for hydroxylation is 1. The first-order chi connectivity index (χ1) is 13.0. The normalized spacial score (nSPS) is 16.9. The van der Waals surface area contributed by atoms with E-state index in [1.54, 1.807) is 6.92 Å². The molecule has 0 bridgehead atoms. The fraction of sp³-hybridized carbons (Fsp3) is 0.318. The molecule has 1 aliphatic heterocycles. The van der Waals surface area contributed by atoms with Gasteiger partial charge < -0.3 is 20.6 Å². The zero-order valence-electron chi connectivity index (χ0n) is 16.1. The van der Waals surface area contributed by atoms with E-state index in [9.17, 15) is 9.90 Å². The zero-order chi connectivity index (χ0) is 19.4. The molecule has 5 nitrogen and oxygen atoms in total. The summed E-state index contributed by atoms with van der Waals surface area (Å²) < 4.78 is 0.